The van der Waals surface area contributed by atoms with Crippen LogP contribution in [-0.4, -0.2) is 50.3 Å². The third-order valence-corrected chi connectivity index (χ3v) is 5.07. The van der Waals surface area contributed by atoms with E-state index in [0.717, 1.165) is 50.4 Å². The van der Waals surface area contributed by atoms with Crippen LogP contribution in [0.1, 0.15) is 24.5 Å². The van der Waals surface area contributed by atoms with E-state index in [2.05, 4.69) is 4.90 Å². The number of carbonyl (C=O) groups is 1. The summed E-state index contributed by atoms with van der Waals surface area (Å²) in [6.07, 6.45) is 0.839. The second kappa shape index (κ2) is 8.97. The van der Waals surface area contributed by atoms with Gasteiger partial charge in [0.2, 0.25) is 0 Å². The summed E-state index contributed by atoms with van der Waals surface area (Å²) in [5, 5.41) is 0. The van der Waals surface area contributed by atoms with Crippen LogP contribution in [0.15, 0.2) is 60.7 Å². The molecule has 1 aliphatic rings. The fourth-order valence-corrected chi connectivity index (χ4v) is 3.37. The Morgan fingerprint density at radius 3 is 2.08 bits per heavy atom. The Morgan fingerprint density at radius 2 is 1.54 bits per heavy atom. The van der Waals surface area contributed by atoms with Gasteiger partial charge in [0.05, 0.1) is 19.8 Å². The lowest BCUT2D eigenvalue weighted by Gasteiger charge is -2.29. The van der Waals surface area contributed by atoms with Crippen molar-refractivity contribution in [2.75, 3.05) is 39.5 Å². The van der Waals surface area contributed by atoms with Crippen molar-refractivity contribution < 1.29 is 14.3 Å². The largest absolute Gasteiger partial charge is 0.465 e. The van der Waals surface area contributed by atoms with Crippen LogP contribution >= 0.6 is 0 Å². The van der Waals surface area contributed by atoms with E-state index in [1.54, 1.807) is 0 Å². The first-order chi connectivity index (χ1) is 12.7. The maximum Gasteiger partial charge on any atom is 0.320 e. The van der Waals surface area contributed by atoms with Crippen LogP contribution < -0.4 is 0 Å². The Morgan fingerprint density at radius 1 is 1.00 bits per heavy atom. The Labute approximate surface area is 155 Å². The molecule has 2 aromatic rings. The normalized spacial score (nSPS) is 15.6. The highest BCUT2D eigenvalue weighted by Gasteiger charge is 2.38. The summed E-state index contributed by atoms with van der Waals surface area (Å²) in [5.74, 6) is -0.197. The average Bonchev–Trinajstić information content (AvgIpc) is 2.72. The minimum absolute atomic E-state index is 0.197. The molecule has 1 saturated heterocycles. The van der Waals surface area contributed by atoms with Crippen LogP contribution in [0.3, 0.4) is 0 Å². The molecule has 0 aliphatic carbocycles. The van der Waals surface area contributed by atoms with E-state index < -0.39 is 5.41 Å². The molecule has 0 bridgehead atoms. The molecule has 0 saturated carbocycles. The van der Waals surface area contributed by atoms with Crippen LogP contribution in [-0.2, 0) is 19.7 Å². The lowest BCUT2D eigenvalue weighted by atomic mass is 9.76. The van der Waals surface area contributed by atoms with Gasteiger partial charge in [-0.1, -0.05) is 60.7 Å². The molecule has 2 aromatic carbocycles. The number of morpholine rings is 1. The van der Waals surface area contributed by atoms with Crippen LogP contribution in [0.2, 0.25) is 0 Å². The Hall–Kier alpha value is -2.17. The minimum Gasteiger partial charge on any atom is -0.465 e. The smallest absolute Gasteiger partial charge is 0.320 e. The lowest BCUT2D eigenvalue weighted by Crippen LogP contribution is -2.38. The van der Waals surface area contributed by atoms with Gasteiger partial charge < -0.3 is 9.47 Å². The fourth-order valence-electron chi connectivity index (χ4n) is 3.37. The molecular formula is C22H27NO3. The summed E-state index contributed by atoms with van der Waals surface area (Å²) in [6.45, 7) is 6.82. The van der Waals surface area contributed by atoms with Crippen LogP contribution in [0.25, 0.3) is 0 Å². The van der Waals surface area contributed by atoms with Crippen molar-refractivity contribution in [3.8, 4) is 0 Å². The number of rotatable bonds is 7. The van der Waals surface area contributed by atoms with Gasteiger partial charge in [-0.3, -0.25) is 9.69 Å². The molecule has 0 N–H and O–H groups in total. The van der Waals surface area contributed by atoms with Gasteiger partial charge in [-0.2, -0.15) is 0 Å². The van der Waals surface area contributed by atoms with Gasteiger partial charge in [-0.15, -0.1) is 0 Å². The summed E-state index contributed by atoms with van der Waals surface area (Å²) < 4.78 is 11.1. The van der Waals surface area contributed by atoms with Gasteiger partial charge in [0.25, 0.3) is 0 Å². The molecule has 26 heavy (non-hydrogen) atoms. The van der Waals surface area contributed by atoms with Crippen LogP contribution in [0.4, 0.5) is 0 Å². The van der Waals surface area contributed by atoms with Crippen molar-refractivity contribution >= 4 is 5.97 Å². The van der Waals surface area contributed by atoms with Crippen molar-refractivity contribution in [2.45, 2.75) is 18.8 Å². The third-order valence-electron chi connectivity index (χ3n) is 5.07. The third kappa shape index (κ3) is 4.32. The molecule has 0 spiro atoms. The molecular weight excluding hydrogens is 326 g/mol. The van der Waals surface area contributed by atoms with E-state index >= 15 is 0 Å². The molecule has 1 aliphatic heterocycles. The first-order valence-electron chi connectivity index (χ1n) is 9.29. The number of hydrogen-bond donors (Lipinski definition) is 0. The first kappa shape index (κ1) is 18.6. The molecule has 0 radical (unpaired) electrons. The Bertz CT molecular complexity index is 642. The van der Waals surface area contributed by atoms with Crippen molar-refractivity contribution in [2.24, 2.45) is 0 Å². The van der Waals surface area contributed by atoms with Gasteiger partial charge in [0.1, 0.15) is 5.41 Å². The summed E-state index contributed by atoms with van der Waals surface area (Å²) >= 11 is 0. The van der Waals surface area contributed by atoms with Crippen molar-refractivity contribution in [3.05, 3.63) is 71.8 Å². The second-order valence-corrected chi connectivity index (χ2v) is 6.80. The molecule has 4 nitrogen and oxygen atoms in total. The predicted octanol–water partition coefficient (Wildman–Crippen LogP) is 3.26. The highest BCUT2D eigenvalue weighted by Crippen LogP contribution is 2.33. The molecule has 1 fully saturated rings. The lowest BCUT2D eigenvalue weighted by molar-refractivity contribution is -0.148. The molecule has 0 aromatic heterocycles. The highest BCUT2D eigenvalue weighted by molar-refractivity contribution is 5.87. The topological polar surface area (TPSA) is 38.8 Å². The molecule has 4 heteroatoms. The predicted molar refractivity (Wildman–Crippen MR) is 102 cm³/mol. The number of esters is 1. The van der Waals surface area contributed by atoms with Gasteiger partial charge in [0, 0.05) is 19.6 Å². The van der Waals surface area contributed by atoms with Gasteiger partial charge in [-0.25, -0.2) is 0 Å². The van der Waals surface area contributed by atoms with E-state index in [9.17, 15) is 4.79 Å². The molecule has 0 amide bonds. The molecule has 0 unspecified atom stereocenters. The maximum absolute atomic E-state index is 13.1. The highest BCUT2D eigenvalue weighted by atomic mass is 16.5. The maximum atomic E-state index is 13.1. The molecule has 0 atom stereocenters. The van der Waals surface area contributed by atoms with Crippen molar-refractivity contribution in [1.82, 2.24) is 4.90 Å². The Kier molecular flexibility index (Phi) is 6.42. The van der Waals surface area contributed by atoms with E-state index in [1.165, 1.54) is 0 Å². The average molecular weight is 353 g/mol. The zero-order valence-electron chi connectivity index (χ0n) is 15.4. The summed E-state index contributed by atoms with van der Waals surface area (Å²) in [7, 11) is 0. The van der Waals surface area contributed by atoms with Gasteiger partial charge in [0.15, 0.2) is 0 Å². The van der Waals surface area contributed by atoms with E-state index in [1.807, 2.05) is 67.6 Å². The number of carbonyl (C=O) groups excluding carboxylic acids is 1. The zero-order chi connectivity index (χ0) is 18.2. The van der Waals surface area contributed by atoms with E-state index in [4.69, 9.17) is 9.47 Å². The summed E-state index contributed by atoms with van der Waals surface area (Å²) in [6, 6.07) is 19.7. The minimum atomic E-state index is -0.804. The van der Waals surface area contributed by atoms with Gasteiger partial charge in [-0.05, 0) is 24.5 Å². The van der Waals surface area contributed by atoms with Crippen LogP contribution in [0.5, 0.6) is 0 Å². The van der Waals surface area contributed by atoms with E-state index in [0.29, 0.717) is 6.61 Å². The van der Waals surface area contributed by atoms with Crippen molar-refractivity contribution in [1.29, 1.82) is 0 Å². The van der Waals surface area contributed by atoms with E-state index in [-0.39, 0.29) is 5.97 Å². The number of nitrogens with zero attached hydrogens (tertiary/aromatic N) is 1. The first-order valence-corrected chi connectivity index (χ1v) is 9.29. The number of ether oxygens (including phenoxy) is 2. The molecule has 138 valence electrons. The SMILES string of the molecule is CC(C(=O)OCCCN1CCOCC1)(c1ccccc1)c1ccccc1. The summed E-state index contributed by atoms with van der Waals surface area (Å²) in [4.78, 5) is 15.4. The number of benzene rings is 2. The standard InChI is InChI=1S/C22H27NO3/c1-22(19-9-4-2-5-10-19,20-11-6-3-7-12-20)21(24)26-16-8-13-23-14-17-25-18-15-23/h2-7,9-12H,8,13-18H2,1H3. The monoisotopic (exact) mass is 353 g/mol. The number of hydrogen-bond acceptors (Lipinski definition) is 4. The Balaban J connectivity index is 1.66. The molecule has 1 heterocycles. The van der Waals surface area contributed by atoms with Crippen LogP contribution in [0, 0.1) is 0 Å². The van der Waals surface area contributed by atoms with Gasteiger partial charge >= 0.3 is 5.97 Å². The quantitative estimate of drug-likeness (QED) is 0.566. The molecule has 3 rings (SSSR count). The van der Waals surface area contributed by atoms with Crippen molar-refractivity contribution in [3.63, 3.8) is 0 Å². The second-order valence-electron chi connectivity index (χ2n) is 6.80. The zero-order valence-corrected chi connectivity index (χ0v) is 15.4. The summed E-state index contributed by atoms with van der Waals surface area (Å²) in [5.41, 5.74) is 1.09. The fraction of sp³-hybridized carbons (Fsp3) is 0.409.